The Morgan fingerprint density at radius 1 is 1.00 bits per heavy atom. The molecule has 0 saturated heterocycles. The molecule has 0 aliphatic carbocycles. The zero-order chi connectivity index (χ0) is 19.9. The van der Waals surface area contributed by atoms with Gasteiger partial charge in [0.25, 0.3) is 0 Å². The van der Waals surface area contributed by atoms with Crippen molar-refractivity contribution in [2.24, 2.45) is 11.8 Å². The van der Waals surface area contributed by atoms with E-state index in [0.29, 0.717) is 5.02 Å². The minimum absolute atomic E-state index is 0.0184. The maximum atomic E-state index is 13.5. The third kappa shape index (κ3) is 6.01. The van der Waals surface area contributed by atoms with Gasteiger partial charge in [0.1, 0.15) is 0 Å². The summed E-state index contributed by atoms with van der Waals surface area (Å²) in [6, 6.07) is 5.24. The van der Waals surface area contributed by atoms with Crippen molar-refractivity contribution in [3.8, 4) is 0 Å². The highest BCUT2D eigenvalue weighted by Gasteiger charge is 2.52. The van der Waals surface area contributed by atoms with Crippen LogP contribution in [0, 0.1) is 11.8 Å². The van der Waals surface area contributed by atoms with Gasteiger partial charge in [0.15, 0.2) is 11.7 Å². The zero-order valence-electron chi connectivity index (χ0n) is 14.1. The number of carbonyl (C=O) groups is 3. The van der Waals surface area contributed by atoms with Crippen LogP contribution in [-0.4, -0.2) is 37.1 Å². The fraction of sp³-hybridized carbons (Fsp3) is 0.471. The van der Waals surface area contributed by atoms with Gasteiger partial charge in [0.2, 0.25) is 0 Å². The molecular weight excluding hydrogens is 377 g/mol. The number of alkyl halides is 3. The quantitative estimate of drug-likeness (QED) is 0.381. The maximum Gasteiger partial charge on any atom is 0.393 e. The van der Waals surface area contributed by atoms with Crippen LogP contribution < -0.4 is 0 Å². The minimum Gasteiger partial charge on any atom is -0.465 e. The van der Waals surface area contributed by atoms with Gasteiger partial charge in [-0.15, -0.1) is 0 Å². The van der Waals surface area contributed by atoms with Gasteiger partial charge < -0.3 is 9.47 Å². The van der Waals surface area contributed by atoms with Crippen LogP contribution in [0.1, 0.15) is 30.6 Å². The molecule has 0 unspecified atom stereocenters. The van der Waals surface area contributed by atoms with Gasteiger partial charge >= 0.3 is 18.1 Å². The van der Waals surface area contributed by atoms with E-state index < -0.39 is 42.2 Å². The summed E-state index contributed by atoms with van der Waals surface area (Å²) < 4.78 is 49.7. The molecule has 0 heterocycles. The first-order valence-corrected chi connectivity index (χ1v) is 8.18. The van der Waals surface area contributed by atoms with E-state index in [9.17, 15) is 27.6 Å². The van der Waals surface area contributed by atoms with Crippen LogP contribution >= 0.6 is 11.6 Å². The number of carbonyl (C=O) groups excluding carboxylic acids is 3. The average Bonchev–Trinajstić information content (AvgIpc) is 2.54. The van der Waals surface area contributed by atoms with E-state index in [1.165, 1.54) is 38.1 Å². The third-order valence-electron chi connectivity index (χ3n) is 3.48. The summed E-state index contributed by atoms with van der Waals surface area (Å²) in [5, 5.41) is 0.310. The second-order valence-electron chi connectivity index (χ2n) is 5.26. The molecule has 1 rings (SSSR count). The summed E-state index contributed by atoms with van der Waals surface area (Å²) >= 11 is 5.68. The molecule has 0 N–H and O–H groups in total. The number of Topliss-reactive ketones (excluding diaryl/α,β-unsaturated/α-hetero) is 1. The van der Waals surface area contributed by atoms with E-state index in [0.717, 1.165) is 0 Å². The maximum absolute atomic E-state index is 13.5. The van der Waals surface area contributed by atoms with Crippen molar-refractivity contribution in [3.63, 3.8) is 0 Å². The highest BCUT2D eigenvalue weighted by molar-refractivity contribution is 6.30. The Morgan fingerprint density at radius 3 is 1.85 bits per heavy atom. The number of rotatable bonds is 8. The monoisotopic (exact) mass is 394 g/mol. The largest absolute Gasteiger partial charge is 0.465 e. The van der Waals surface area contributed by atoms with Gasteiger partial charge in [0.05, 0.1) is 19.1 Å². The number of benzene rings is 1. The standard InChI is InChI=1S/C17H18ClF3O5/c1-3-25-15(23)14(16(24)26-4-2)12(17(19,20)21)9-13(22)10-5-7-11(18)8-6-10/h5-8,12,14H,3-4,9H2,1-2H3/t12-/m0/s1. The molecule has 0 spiro atoms. The molecule has 0 amide bonds. The van der Waals surface area contributed by atoms with Crippen LogP contribution in [0.2, 0.25) is 5.02 Å². The van der Waals surface area contributed by atoms with Crippen LogP contribution in [0.15, 0.2) is 24.3 Å². The molecular formula is C17H18ClF3O5. The number of ether oxygens (including phenoxy) is 2. The van der Waals surface area contributed by atoms with Gasteiger partial charge in [-0.05, 0) is 38.1 Å². The molecule has 1 aromatic carbocycles. The topological polar surface area (TPSA) is 69.7 Å². The van der Waals surface area contributed by atoms with Crippen LogP contribution in [0.5, 0.6) is 0 Å². The first-order chi connectivity index (χ1) is 12.1. The van der Waals surface area contributed by atoms with Crippen molar-refractivity contribution in [1.82, 2.24) is 0 Å². The highest BCUT2D eigenvalue weighted by Crippen LogP contribution is 2.37. The minimum atomic E-state index is -4.99. The van der Waals surface area contributed by atoms with E-state index in [4.69, 9.17) is 11.6 Å². The number of esters is 2. The SMILES string of the molecule is CCOC(=O)C(C(=O)OCC)[C@H](CC(=O)c1ccc(Cl)cc1)C(F)(F)F. The molecule has 0 bridgehead atoms. The van der Waals surface area contributed by atoms with Crippen LogP contribution in [0.3, 0.4) is 0 Å². The molecule has 0 aliphatic heterocycles. The van der Waals surface area contributed by atoms with Gasteiger partial charge in [-0.25, -0.2) is 0 Å². The molecule has 26 heavy (non-hydrogen) atoms. The van der Waals surface area contributed by atoms with Crippen molar-refractivity contribution in [1.29, 1.82) is 0 Å². The molecule has 144 valence electrons. The summed E-state index contributed by atoms with van der Waals surface area (Å²) in [6.45, 7) is 2.35. The summed E-state index contributed by atoms with van der Waals surface area (Å²) in [6.07, 6.45) is -6.10. The van der Waals surface area contributed by atoms with Crippen LogP contribution in [-0.2, 0) is 19.1 Å². The molecule has 0 saturated carbocycles. The van der Waals surface area contributed by atoms with Crippen molar-refractivity contribution >= 4 is 29.3 Å². The third-order valence-corrected chi connectivity index (χ3v) is 3.73. The van der Waals surface area contributed by atoms with E-state index in [-0.39, 0.29) is 18.8 Å². The van der Waals surface area contributed by atoms with E-state index in [1.54, 1.807) is 0 Å². The van der Waals surface area contributed by atoms with Gasteiger partial charge in [0, 0.05) is 17.0 Å². The Labute approximate surface area is 153 Å². The summed E-state index contributed by atoms with van der Waals surface area (Å²) in [7, 11) is 0. The van der Waals surface area contributed by atoms with Gasteiger partial charge in [-0.3, -0.25) is 14.4 Å². The molecule has 5 nitrogen and oxygen atoms in total. The Kier molecular flexibility index (Phi) is 8.08. The lowest BCUT2D eigenvalue weighted by Crippen LogP contribution is -2.42. The molecule has 0 aromatic heterocycles. The average molecular weight is 395 g/mol. The summed E-state index contributed by atoms with van der Waals surface area (Å²) in [5.74, 6) is -8.48. The van der Waals surface area contributed by atoms with Gasteiger partial charge in [-0.2, -0.15) is 13.2 Å². The lowest BCUT2D eigenvalue weighted by molar-refractivity contribution is -0.205. The fourth-order valence-corrected chi connectivity index (χ4v) is 2.39. The number of hydrogen-bond donors (Lipinski definition) is 0. The van der Waals surface area contributed by atoms with Crippen LogP contribution in [0.25, 0.3) is 0 Å². The lowest BCUT2D eigenvalue weighted by Gasteiger charge is -2.25. The second-order valence-corrected chi connectivity index (χ2v) is 5.70. The Bertz CT molecular complexity index is 625. The van der Waals surface area contributed by atoms with E-state index >= 15 is 0 Å². The molecule has 0 radical (unpaired) electrons. The summed E-state index contributed by atoms with van der Waals surface area (Å²) in [4.78, 5) is 36.1. The Morgan fingerprint density at radius 2 is 1.46 bits per heavy atom. The Balaban J connectivity index is 3.18. The van der Waals surface area contributed by atoms with Crippen molar-refractivity contribution in [3.05, 3.63) is 34.9 Å². The van der Waals surface area contributed by atoms with Crippen molar-refractivity contribution in [2.45, 2.75) is 26.4 Å². The molecule has 0 fully saturated rings. The van der Waals surface area contributed by atoms with Crippen molar-refractivity contribution in [2.75, 3.05) is 13.2 Å². The lowest BCUT2D eigenvalue weighted by atomic mass is 9.85. The number of hydrogen-bond acceptors (Lipinski definition) is 5. The van der Waals surface area contributed by atoms with Gasteiger partial charge in [-0.1, -0.05) is 11.6 Å². The normalized spacial score (nSPS) is 12.6. The number of ketones is 1. The molecule has 1 atom stereocenters. The smallest absolute Gasteiger partial charge is 0.393 e. The number of halogens is 4. The first kappa shape index (κ1) is 22.0. The molecule has 9 heteroatoms. The van der Waals surface area contributed by atoms with Crippen molar-refractivity contribution < 1.29 is 37.0 Å². The highest BCUT2D eigenvalue weighted by atomic mass is 35.5. The zero-order valence-corrected chi connectivity index (χ0v) is 14.9. The predicted molar refractivity (Wildman–Crippen MR) is 86.7 cm³/mol. The van der Waals surface area contributed by atoms with E-state index in [1.807, 2.05) is 0 Å². The molecule has 1 aromatic rings. The first-order valence-electron chi connectivity index (χ1n) is 7.80. The molecule has 0 aliphatic rings. The Hall–Kier alpha value is -2.09. The second kappa shape index (κ2) is 9.56. The predicted octanol–water partition coefficient (Wildman–Crippen LogP) is 3.83. The summed E-state index contributed by atoms with van der Waals surface area (Å²) in [5.41, 5.74) is -0.0184. The fourth-order valence-electron chi connectivity index (χ4n) is 2.26. The van der Waals surface area contributed by atoms with Crippen LogP contribution in [0.4, 0.5) is 13.2 Å². The van der Waals surface area contributed by atoms with E-state index in [2.05, 4.69) is 9.47 Å².